The number of esters is 1. The molecule has 7 nitrogen and oxygen atoms in total. The normalized spacial score (nSPS) is 22.6. The van der Waals surface area contributed by atoms with Crippen LogP contribution in [0.15, 0.2) is 0 Å². The molecule has 0 aromatic rings. The summed E-state index contributed by atoms with van der Waals surface area (Å²) in [6.07, 6.45) is -0.0359. The SMILES string of the molecule is COC(=O)C[C@@H]1CCN(C(=O)OC(C)(C)C)C[C@H]1C(=O)O. The summed E-state index contributed by atoms with van der Waals surface area (Å²) in [6.45, 7) is 5.68. The van der Waals surface area contributed by atoms with Crippen LogP contribution in [0.2, 0.25) is 0 Å². The Balaban J connectivity index is 2.71. The second-order valence-electron chi connectivity index (χ2n) is 6.20. The third-order valence-electron chi connectivity index (χ3n) is 3.38. The quantitative estimate of drug-likeness (QED) is 0.794. The molecule has 0 bridgehead atoms. The number of likely N-dealkylation sites (tertiary alicyclic amines) is 1. The van der Waals surface area contributed by atoms with Crippen LogP contribution in [0.25, 0.3) is 0 Å². The molecule has 1 aliphatic rings. The highest BCUT2D eigenvalue weighted by molar-refractivity contribution is 5.75. The van der Waals surface area contributed by atoms with Gasteiger partial charge in [0.1, 0.15) is 5.60 Å². The van der Waals surface area contributed by atoms with Crippen molar-refractivity contribution in [1.82, 2.24) is 4.90 Å². The first-order valence-electron chi connectivity index (χ1n) is 6.91. The number of piperidine rings is 1. The molecule has 0 spiro atoms. The van der Waals surface area contributed by atoms with Crippen molar-refractivity contribution in [2.24, 2.45) is 11.8 Å². The van der Waals surface area contributed by atoms with Crippen LogP contribution in [0.3, 0.4) is 0 Å². The maximum atomic E-state index is 12.0. The Bertz CT molecular complexity index is 414. The van der Waals surface area contributed by atoms with Gasteiger partial charge in [0, 0.05) is 19.5 Å². The van der Waals surface area contributed by atoms with Crippen LogP contribution in [-0.2, 0) is 19.1 Å². The molecule has 1 aliphatic heterocycles. The molecule has 2 atom stereocenters. The van der Waals surface area contributed by atoms with E-state index < -0.39 is 29.6 Å². The molecule has 0 saturated carbocycles. The standard InChI is InChI=1S/C14H23NO6/c1-14(2,3)21-13(19)15-6-5-9(7-11(16)20-4)10(8-15)12(17)18/h9-10H,5-8H2,1-4H3,(H,17,18)/t9-,10+/m0/s1. The fourth-order valence-corrected chi connectivity index (χ4v) is 2.31. The number of carbonyl (C=O) groups is 3. The number of hydrogen-bond acceptors (Lipinski definition) is 5. The van der Waals surface area contributed by atoms with Crippen LogP contribution in [0.1, 0.15) is 33.6 Å². The zero-order valence-electron chi connectivity index (χ0n) is 12.9. The monoisotopic (exact) mass is 301 g/mol. The second kappa shape index (κ2) is 6.78. The summed E-state index contributed by atoms with van der Waals surface area (Å²) in [7, 11) is 1.27. The van der Waals surface area contributed by atoms with E-state index in [2.05, 4.69) is 4.74 Å². The second-order valence-corrected chi connectivity index (χ2v) is 6.20. The molecule has 1 N–H and O–H groups in total. The van der Waals surface area contributed by atoms with E-state index in [9.17, 15) is 19.5 Å². The molecule has 1 saturated heterocycles. The number of ether oxygens (including phenoxy) is 2. The third-order valence-corrected chi connectivity index (χ3v) is 3.38. The van der Waals surface area contributed by atoms with Gasteiger partial charge < -0.3 is 19.5 Å². The number of rotatable bonds is 3. The Hall–Kier alpha value is -1.79. The summed E-state index contributed by atoms with van der Waals surface area (Å²) < 4.78 is 9.83. The van der Waals surface area contributed by atoms with Gasteiger partial charge >= 0.3 is 18.0 Å². The van der Waals surface area contributed by atoms with E-state index in [1.165, 1.54) is 12.0 Å². The summed E-state index contributed by atoms with van der Waals surface area (Å²) in [6, 6.07) is 0. The van der Waals surface area contributed by atoms with Gasteiger partial charge in [0.15, 0.2) is 0 Å². The fraction of sp³-hybridized carbons (Fsp3) is 0.786. The van der Waals surface area contributed by atoms with Gasteiger partial charge in [-0.1, -0.05) is 0 Å². The maximum absolute atomic E-state index is 12.0. The van der Waals surface area contributed by atoms with Gasteiger partial charge in [0.2, 0.25) is 0 Å². The number of nitrogens with zero attached hydrogens (tertiary/aromatic N) is 1. The van der Waals surface area contributed by atoms with Crippen LogP contribution in [-0.4, -0.2) is 53.8 Å². The molecule has 1 amide bonds. The minimum Gasteiger partial charge on any atom is -0.481 e. The van der Waals surface area contributed by atoms with E-state index in [0.29, 0.717) is 13.0 Å². The van der Waals surface area contributed by atoms with E-state index in [-0.39, 0.29) is 18.9 Å². The van der Waals surface area contributed by atoms with Crippen LogP contribution >= 0.6 is 0 Å². The molecule has 0 radical (unpaired) electrons. The van der Waals surface area contributed by atoms with Gasteiger partial charge in [-0.2, -0.15) is 0 Å². The molecule has 0 aromatic carbocycles. The van der Waals surface area contributed by atoms with Crippen molar-refractivity contribution in [3.8, 4) is 0 Å². The van der Waals surface area contributed by atoms with Gasteiger partial charge in [-0.25, -0.2) is 4.79 Å². The average Bonchev–Trinajstić information content (AvgIpc) is 2.36. The first-order chi connectivity index (χ1) is 9.64. The van der Waals surface area contributed by atoms with Crippen LogP contribution < -0.4 is 0 Å². The fourth-order valence-electron chi connectivity index (χ4n) is 2.31. The van der Waals surface area contributed by atoms with Crippen LogP contribution in [0.5, 0.6) is 0 Å². The van der Waals surface area contributed by atoms with Gasteiger partial charge in [-0.15, -0.1) is 0 Å². The zero-order valence-corrected chi connectivity index (χ0v) is 12.9. The predicted molar refractivity (Wildman–Crippen MR) is 73.7 cm³/mol. The van der Waals surface area contributed by atoms with Crippen molar-refractivity contribution in [3.05, 3.63) is 0 Å². The summed E-state index contributed by atoms with van der Waals surface area (Å²) in [4.78, 5) is 36.1. The molecule has 21 heavy (non-hydrogen) atoms. The predicted octanol–water partition coefficient (Wildman–Crippen LogP) is 1.51. The highest BCUT2D eigenvalue weighted by Crippen LogP contribution is 2.28. The Kier molecular flexibility index (Phi) is 5.57. The summed E-state index contributed by atoms with van der Waals surface area (Å²) in [5.74, 6) is -2.56. The van der Waals surface area contributed by atoms with E-state index in [1.54, 1.807) is 20.8 Å². The van der Waals surface area contributed by atoms with E-state index in [1.807, 2.05) is 0 Å². The highest BCUT2D eigenvalue weighted by atomic mass is 16.6. The smallest absolute Gasteiger partial charge is 0.410 e. The first kappa shape index (κ1) is 17.3. The number of amides is 1. The van der Waals surface area contributed by atoms with Crippen molar-refractivity contribution >= 4 is 18.0 Å². The molecular formula is C14H23NO6. The van der Waals surface area contributed by atoms with Gasteiger partial charge in [0.25, 0.3) is 0 Å². The number of carboxylic acid groups (broad SMARTS) is 1. The molecule has 1 fully saturated rings. The van der Waals surface area contributed by atoms with Crippen LogP contribution in [0, 0.1) is 11.8 Å². The van der Waals surface area contributed by atoms with Crippen molar-refractivity contribution < 1.29 is 29.0 Å². The molecule has 1 rings (SSSR count). The number of aliphatic carboxylic acids is 1. The lowest BCUT2D eigenvalue weighted by Crippen LogP contribution is -2.48. The number of carboxylic acids is 1. The molecular weight excluding hydrogens is 278 g/mol. The third kappa shape index (κ3) is 5.24. The van der Waals surface area contributed by atoms with Gasteiger partial charge in [0.05, 0.1) is 13.0 Å². The lowest BCUT2D eigenvalue weighted by molar-refractivity contribution is -0.148. The lowest BCUT2D eigenvalue weighted by atomic mass is 9.83. The molecule has 7 heteroatoms. The van der Waals surface area contributed by atoms with Crippen LogP contribution in [0.4, 0.5) is 4.79 Å². The van der Waals surface area contributed by atoms with Crippen molar-refractivity contribution in [1.29, 1.82) is 0 Å². The summed E-state index contributed by atoms with van der Waals surface area (Å²) >= 11 is 0. The molecule has 1 heterocycles. The highest BCUT2D eigenvalue weighted by Gasteiger charge is 2.38. The van der Waals surface area contributed by atoms with E-state index >= 15 is 0 Å². The summed E-state index contributed by atoms with van der Waals surface area (Å²) in [5.41, 5.74) is -0.626. The Morgan fingerprint density at radius 2 is 1.90 bits per heavy atom. The molecule has 120 valence electrons. The van der Waals surface area contributed by atoms with Crippen molar-refractivity contribution in [2.75, 3.05) is 20.2 Å². The minimum absolute atomic E-state index is 0.0475. The lowest BCUT2D eigenvalue weighted by Gasteiger charge is -2.36. The van der Waals surface area contributed by atoms with Gasteiger partial charge in [-0.3, -0.25) is 9.59 Å². The van der Waals surface area contributed by atoms with Crippen molar-refractivity contribution in [3.63, 3.8) is 0 Å². The Labute approximate surface area is 124 Å². The molecule has 0 aromatic heterocycles. The first-order valence-corrected chi connectivity index (χ1v) is 6.91. The van der Waals surface area contributed by atoms with Gasteiger partial charge in [-0.05, 0) is 33.1 Å². The zero-order chi connectivity index (χ0) is 16.2. The average molecular weight is 301 g/mol. The molecule has 0 aliphatic carbocycles. The number of carbonyl (C=O) groups excluding carboxylic acids is 2. The van der Waals surface area contributed by atoms with Crippen molar-refractivity contribution in [2.45, 2.75) is 39.2 Å². The number of methoxy groups -OCH3 is 1. The largest absolute Gasteiger partial charge is 0.481 e. The maximum Gasteiger partial charge on any atom is 0.410 e. The summed E-state index contributed by atoms with van der Waals surface area (Å²) in [5, 5.41) is 9.30. The topological polar surface area (TPSA) is 93.1 Å². The molecule has 0 unspecified atom stereocenters. The number of hydrogen-bond donors (Lipinski definition) is 1. The minimum atomic E-state index is -1.02. The Morgan fingerprint density at radius 3 is 2.38 bits per heavy atom. The van der Waals surface area contributed by atoms with E-state index in [0.717, 1.165) is 0 Å². The Morgan fingerprint density at radius 1 is 1.29 bits per heavy atom. The van der Waals surface area contributed by atoms with E-state index in [4.69, 9.17) is 4.74 Å².